The molecule has 4 aliphatic rings. The third-order valence-corrected chi connectivity index (χ3v) is 8.33. The van der Waals surface area contributed by atoms with E-state index >= 15 is 0 Å². The van der Waals surface area contributed by atoms with Crippen LogP contribution in [-0.2, 0) is 23.9 Å². The second kappa shape index (κ2) is 19.5. The molecule has 4 fully saturated rings. The molecule has 43 heavy (non-hydrogen) atoms. The number of amides is 4. The van der Waals surface area contributed by atoms with Crippen LogP contribution in [0.25, 0.3) is 0 Å². The molecule has 12 heteroatoms. The van der Waals surface area contributed by atoms with E-state index in [1.807, 2.05) is 11.0 Å². The Labute approximate surface area is 255 Å². The summed E-state index contributed by atoms with van der Waals surface area (Å²) < 4.78 is 4.25. The van der Waals surface area contributed by atoms with Gasteiger partial charge in [0.05, 0.1) is 18.5 Å². The SMILES string of the molecule is CC1CCCC1.COC.N#CC1CC(C(=O)Nc2ncccc2O)CN1C=O.O=CNCC(=O)N1CC2CCCCC2C1. The number of rotatable bonds is 6. The van der Waals surface area contributed by atoms with Crippen LogP contribution in [0.2, 0.25) is 0 Å². The minimum Gasteiger partial charge on any atom is -0.504 e. The summed E-state index contributed by atoms with van der Waals surface area (Å²) in [6.45, 7) is 4.51. The van der Waals surface area contributed by atoms with Gasteiger partial charge in [0.1, 0.15) is 6.04 Å². The van der Waals surface area contributed by atoms with E-state index in [0.717, 1.165) is 30.8 Å². The number of aromatic hydroxyl groups is 1. The number of carbonyl (C=O) groups excluding carboxylic acids is 4. The fraction of sp³-hybridized carbons (Fsp3) is 0.677. The van der Waals surface area contributed by atoms with Crippen LogP contribution in [0.3, 0.4) is 0 Å². The van der Waals surface area contributed by atoms with Crippen LogP contribution in [-0.4, -0.2) is 91.0 Å². The van der Waals surface area contributed by atoms with E-state index in [2.05, 4.69) is 27.3 Å². The number of aromatic nitrogens is 1. The lowest BCUT2D eigenvalue weighted by Gasteiger charge is -2.22. The molecule has 2 aliphatic heterocycles. The van der Waals surface area contributed by atoms with Gasteiger partial charge in [0.2, 0.25) is 24.6 Å². The molecule has 5 rings (SSSR count). The zero-order chi connectivity index (χ0) is 31.6. The molecule has 0 radical (unpaired) electrons. The molecule has 4 unspecified atom stereocenters. The zero-order valence-electron chi connectivity index (χ0n) is 25.7. The topological polar surface area (TPSA) is 165 Å². The molecule has 1 aromatic rings. The average Bonchev–Trinajstić information content (AvgIpc) is 3.77. The highest BCUT2D eigenvalue weighted by Crippen LogP contribution is 2.35. The van der Waals surface area contributed by atoms with Gasteiger partial charge in [-0.3, -0.25) is 19.2 Å². The number of hydrogen-bond acceptors (Lipinski definition) is 8. The van der Waals surface area contributed by atoms with Crippen molar-refractivity contribution in [2.24, 2.45) is 23.7 Å². The Morgan fingerprint density at radius 1 is 1.09 bits per heavy atom. The molecule has 2 saturated carbocycles. The number of carbonyl (C=O) groups is 4. The Kier molecular flexibility index (Phi) is 16.1. The highest BCUT2D eigenvalue weighted by molar-refractivity contribution is 5.93. The molecule has 4 amide bonds. The van der Waals surface area contributed by atoms with Crippen molar-refractivity contribution in [3.05, 3.63) is 18.3 Å². The summed E-state index contributed by atoms with van der Waals surface area (Å²) in [5.74, 6) is 1.66. The van der Waals surface area contributed by atoms with Crippen molar-refractivity contribution in [2.45, 2.75) is 70.8 Å². The van der Waals surface area contributed by atoms with Crippen LogP contribution in [0.4, 0.5) is 5.82 Å². The molecule has 0 bridgehead atoms. The standard InChI is InChI=1S/C12H12N4O3.C11H18N2O2.C6H12.C2H6O/c13-5-9-4-8(6-16(9)7-17)12(19)15-11-10(18)2-1-3-14-11;14-8-12-5-11(15)13-6-9-3-1-2-4-10(9)7-13;1-6-4-2-3-5-6;1-3-2/h1-3,7-9,18H,4,6H2,(H,14,15,19);8-10H,1-7H2,(H,12,14);6H,2-5H2,1H3;1-2H3. The molecule has 238 valence electrons. The minimum absolute atomic E-state index is 0.0662. The summed E-state index contributed by atoms with van der Waals surface area (Å²) in [6.07, 6.45) is 14.0. The number of pyridine rings is 1. The van der Waals surface area contributed by atoms with Crippen molar-refractivity contribution >= 4 is 30.5 Å². The lowest BCUT2D eigenvalue weighted by Crippen LogP contribution is -2.36. The van der Waals surface area contributed by atoms with Crippen molar-refractivity contribution in [1.29, 1.82) is 5.26 Å². The van der Waals surface area contributed by atoms with E-state index < -0.39 is 12.0 Å². The molecule has 3 heterocycles. The van der Waals surface area contributed by atoms with Gasteiger partial charge in [-0.2, -0.15) is 5.26 Å². The van der Waals surface area contributed by atoms with Gasteiger partial charge in [0.25, 0.3) is 0 Å². The van der Waals surface area contributed by atoms with Crippen LogP contribution in [0.15, 0.2) is 18.3 Å². The van der Waals surface area contributed by atoms with Gasteiger partial charge < -0.3 is 30.3 Å². The molecule has 2 aliphatic carbocycles. The molecule has 1 aromatic heterocycles. The number of likely N-dealkylation sites (tertiary alicyclic amines) is 2. The van der Waals surface area contributed by atoms with E-state index in [9.17, 15) is 24.3 Å². The molecular weight excluding hydrogens is 552 g/mol. The Morgan fingerprint density at radius 2 is 1.70 bits per heavy atom. The molecule has 0 spiro atoms. The van der Waals surface area contributed by atoms with Gasteiger partial charge >= 0.3 is 0 Å². The molecule has 12 nitrogen and oxygen atoms in total. The lowest BCUT2D eigenvalue weighted by molar-refractivity contribution is -0.130. The summed E-state index contributed by atoms with van der Waals surface area (Å²) in [6, 6.07) is 4.35. The monoisotopic (exact) mass is 600 g/mol. The maximum Gasteiger partial charge on any atom is 0.241 e. The predicted molar refractivity (Wildman–Crippen MR) is 161 cm³/mol. The van der Waals surface area contributed by atoms with Gasteiger partial charge in [-0.1, -0.05) is 45.4 Å². The van der Waals surface area contributed by atoms with Gasteiger partial charge in [0.15, 0.2) is 11.6 Å². The van der Waals surface area contributed by atoms with Crippen LogP contribution in [0.5, 0.6) is 5.75 Å². The second-order valence-electron chi connectivity index (χ2n) is 11.6. The minimum atomic E-state index is -0.578. The van der Waals surface area contributed by atoms with Crippen molar-refractivity contribution in [2.75, 3.05) is 45.7 Å². The first-order valence-electron chi connectivity index (χ1n) is 15.2. The summed E-state index contributed by atoms with van der Waals surface area (Å²) in [4.78, 5) is 51.5. The number of methoxy groups -OCH3 is 1. The molecule has 2 saturated heterocycles. The fourth-order valence-electron chi connectivity index (χ4n) is 5.99. The highest BCUT2D eigenvalue weighted by Gasteiger charge is 2.37. The van der Waals surface area contributed by atoms with E-state index in [0.29, 0.717) is 12.8 Å². The first kappa shape index (κ1) is 35.5. The van der Waals surface area contributed by atoms with Gasteiger partial charge in [-0.15, -0.1) is 0 Å². The smallest absolute Gasteiger partial charge is 0.241 e. The van der Waals surface area contributed by atoms with Crippen molar-refractivity contribution in [3.63, 3.8) is 0 Å². The summed E-state index contributed by atoms with van der Waals surface area (Å²) in [5.41, 5.74) is 0. The number of ether oxygens (including phenoxy) is 1. The first-order chi connectivity index (χ1) is 20.8. The highest BCUT2D eigenvalue weighted by atomic mass is 16.4. The number of nitrogens with zero attached hydrogens (tertiary/aromatic N) is 4. The molecular formula is C31H48N6O6. The van der Waals surface area contributed by atoms with Gasteiger partial charge in [-0.05, 0) is 49.1 Å². The van der Waals surface area contributed by atoms with Crippen molar-refractivity contribution in [1.82, 2.24) is 20.1 Å². The lowest BCUT2D eigenvalue weighted by atomic mass is 9.82. The Morgan fingerprint density at radius 3 is 2.16 bits per heavy atom. The molecule has 3 N–H and O–H groups in total. The summed E-state index contributed by atoms with van der Waals surface area (Å²) in [7, 11) is 3.25. The fourth-order valence-corrected chi connectivity index (χ4v) is 5.99. The number of anilines is 1. The van der Waals surface area contributed by atoms with Gasteiger partial charge in [-0.25, -0.2) is 4.98 Å². The van der Waals surface area contributed by atoms with Crippen LogP contribution < -0.4 is 10.6 Å². The predicted octanol–water partition coefficient (Wildman–Crippen LogP) is 2.94. The Hall–Kier alpha value is -3.72. The van der Waals surface area contributed by atoms with E-state index in [-0.39, 0.29) is 42.9 Å². The maximum absolute atomic E-state index is 12.0. The first-order valence-corrected chi connectivity index (χ1v) is 15.2. The molecule has 4 atom stereocenters. The maximum atomic E-state index is 12.0. The quantitative estimate of drug-likeness (QED) is 0.419. The molecule has 0 aromatic carbocycles. The van der Waals surface area contributed by atoms with Gasteiger partial charge in [0, 0.05) is 40.1 Å². The number of nitriles is 1. The van der Waals surface area contributed by atoms with E-state index in [1.54, 1.807) is 20.3 Å². The van der Waals surface area contributed by atoms with Crippen LogP contribution in [0, 0.1) is 35.0 Å². The van der Waals surface area contributed by atoms with E-state index in [1.165, 1.54) is 68.5 Å². The van der Waals surface area contributed by atoms with Crippen molar-refractivity contribution in [3.8, 4) is 11.8 Å². The third-order valence-electron chi connectivity index (χ3n) is 8.33. The third kappa shape index (κ3) is 11.8. The van der Waals surface area contributed by atoms with Crippen LogP contribution >= 0.6 is 0 Å². The van der Waals surface area contributed by atoms with Crippen molar-refractivity contribution < 1.29 is 29.0 Å². The zero-order valence-corrected chi connectivity index (χ0v) is 25.7. The summed E-state index contributed by atoms with van der Waals surface area (Å²) in [5, 5.41) is 23.3. The summed E-state index contributed by atoms with van der Waals surface area (Å²) >= 11 is 0. The average molecular weight is 601 g/mol. The second-order valence-corrected chi connectivity index (χ2v) is 11.6. The Balaban J connectivity index is 0.000000237. The number of hydrogen-bond donors (Lipinski definition) is 3. The number of nitrogens with one attached hydrogen (secondary N) is 2. The van der Waals surface area contributed by atoms with Crippen LogP contribution in [0.1, 0.15) is 64.7 Å². The normalized spacial score (nSPS) is 24.0. The van der Waals surface area contributed by atoms with E-state index in [4.69, 9.17) is 5.26 Å². The Bertz CT molecular complexity index is 1050. The number of fused-ring (bicyclic) bond motifs is 1. The largest absolute Gasteiger partial charge is 0.504 e.